The highest BCUT2D eigenvalue weighted by Gasteiger charge is 2.35. The van der Waals surface area contributed by atoms with Gasteiger partial charge >= 0.3 is 12.5 Å². The van der Waals surface area contributed by atoms with Crippen LogP contribution in [-0.2, 0) is 9.53 Å². The summed E-state index contributed by atoms with van der Waals surface area (Å²) in [5, 5.41) is 5.86. The number of benzene rings is 1. The smallest absolute Gasteiger partial charge is 0.444 e. The SMILES string of the molecule is CC(C)(C)OC(=O)NCC1(CC(=O)Nc2nc3ccc(OC(F)(F)F)cc3s2)CCCCC1. The highest BCUT2D eigenvalue weighted by atomic mass is 32.1. The van der Waals surface area contributed by atoms with Crippen molar-refractivity contribution in [3.63, 3.8) is 0 Å². The summed E-state index contributed by atoms with van der Waals surface area (Å²) in [7, 11) is 0. The number of fused-ring (bicyclic) bond motifs is 1. The predicted molar refractivity (Wildman–Crippen MR) is 119 cm³/mol. The number of nitrogens with one attached hydrogen (secondary N) is 2. The number of alkyl halides is 3. The van der Waals surface area contributed by atoms with Gasteiger partial charge in [0.1, 0.15) is 11.4 Å². The molecule has 0 spiro atoms. The van der Waals surface area contributed by atoms with Crippen LogP contribution in [0.15, 0.2) is 18.2 Å². The third-order valence-corrected chi connectivity index (χ3v) is 6.23. The Morgan fingerprint density at radius 1 is 1.15 bits per heavy atom. The molecule has 2 N–H and O–H groups in total. The molecule has 2 amide bonds. The summed E-state index contributed by atoms with van der Waals surface area (Å²) in [4.78, 5) is 29.2. The minimum absolute atomic E-state index is 0.196. The van der Waals surface area contributed by atoms with E-state index in [1.54, 1.807) is 20.8 Å². The molecule has 0 radical (unpaired) electrons. The second-order valence-corrected chi connectivity index (χ2v) is 10.4. The van der Waals surface area contributed by atoms with Gasteiger partial charge in [0.2, 0.25) is 5.91 Å². The average molecular weight is 488 g/mol. The van der Waals surface area contributed by atoms with E-state index in [1.165, 1.54) is 18.2 Å². The van der Waals surface area contributed by atoms with Gasteiger partial charge in [-0.1, -0.05) is 30.6 Å². The number of aromatic nitrogens is 1. The van der Waals surface area contributed by atoms with Crippen molar-refractivity contribution in [1.29, 1.82) is 0 Å². The normalized spacial score (nSPS) is 16.3. The molecule has 0 bridgehead atoms. The molecule has 0 atom stereocenters. The van der Waals surface area contributed by atoms with Crippen molar-refractivity contribution in [3.8, 4) is 5.75 Å². The number of anilines is 1. The molecule has 0 saturated heterocycles. The fourth-order valence-electron chi connectivity index (χ4n) is 3.95. The summed E-state index contributed by atoms with van der Waals surface area (Å²) in [6.45, 7) is 5.68. The molecule has 1 aliphatic rings. The number of nitrogens with zero attached hydrogens (tertiary/aromatic N) is 1. The first kappa shape index (κ1) is 25.1. The van der Waals surface area contributed by atoms with E-state index in [9.17, 15) is 22.8 Å². The zero-order valence-electron chi connectivity index (χ0n) is 18.8. The van der Waals surface area contributed by atoms with Crippen molar-refractivity contribution < 1.29 is 32.2 Å². The Morgan fingerprint density at radius 2 is 1.85 bits per heavy atom. The Balaban J connectivity index is 1.65. The first-order chi connectivity index (χ1) is 15.3. The highest BCUT2D eigenvalue weighted by molar-refractivity contribution is 7.22. The number of carbonyl (C=O) groups excluding carboxylic acids is 2. The van der Waals surface area contributed by atoms with Gasteiger partial charge in [0.05, 0.1) is 10.2 Å². The van der Waals surface area contributed by atoms with Crippen molar-refractivity contribution in [2.75, 3.05) is 11.9 Å². The van der Waals surface area contributed by atoms with Crippen LogP contribution in [0.1, 0.15) is 59.3 Å². The van der Waals surface area contributed by atoms with E-state index >= 15 is 0 Å². The quantitative estimate of drug-likeness (QED) is 0.522. The summed E-state index contributed by atoms with van der Waals surface area (Å²) in [5.41, 5.74) is -0.535. The van der Waals surface area contributed by atoms with Crippen LogP contribution in [0, 0.1) is 5.41 Å². The predicted octanol–water partition coefficient (Wildman–Crippen LogP) is 6.00. The monoisotopic (exact) mass is 487 g/mol. The minimum atomic E-state index is -4.78. The van der Waals surface area contributed by atoms with Gasteiger partial charge < -0.3 is 20.1 Å². The van der Waals surface area contributed by atoms with Gasteiger partial charge in [-0.2, -0.15) is 0 Å². The standard InChI is InChI=1S/C22H28F3N3O4S/c1-20(2,3)32-19(30)26-13-21(9-5-4-6-10-21)12-17(29)28-18-27-15-8-7-14(11-16(15)33-18)31-22(23,24)25/h7-8,11H,4-6,9-10,12-13H2,1-3H3,(H,26,30)(H,27,28,29). The molecule has 1 aromatic heterocycles. The van der Waals surface area contributed by atoms with Crippen LogP contribution in [0.5, 0.6) is 5.75 Å². The number of halogens is 3. The van der Waals surface area contributed by atoms with Gasteiger partial charge in [-0.05, 0) is 51.2 Å². The van der Waals surface area contributed by atoms with E-state index < -0.39 is 18.1 Å². The minimum Gasteiger partial charge on any atom is -0.444 e. The maximum Gasteiger partial charge on any atom is 0.573 e. The molecule has 1 saturated carbocycles. The van der Waals surface area contributed by atoms with E-state index in [2.05, 4.69) is 20.4 Å². The van der Waals surface area contributed by atoms with Crippen molar-refractivity contribution in [1.82, 2.24) is 10.3 Å². The number of hydrogen-bond donors (Lipinski definition) is 2. The van der Waals surface area contributed by atoms with Crippen molar-refractivity contribution >= 4 is 38.7 Å². The number of alkyl carbamates (subject to hydrolysis) is 1. The summed E-state index contributed by atoms with van der Waals surface area (Å²) in [5.74, 6) is -0.598. The molecule has 33 heavy (non-hydrogen) atoms. The highest BCUT2D eigenvalue weighted by Crippen LogP contribution is 2.39. The van der Waals surface area contributed by atoms with Gasteiger partial charge in [0, 0.05) is 19.0 Å². The Labute approximate surface area is 194 Å². The van der Waals surface area contributed by atoms with Gasteiger partial charge in [-0.25, -0.2) is 9.78 Å². The number of carbonyl (C=O) groups is 2. The molecule has 3 rings (SSSR count). The summed E-state index contributed by atoms with van der Waals surface area (Å²) in [6, 6.07) is 3.83. The molecular formula is C22H28F3N3O4S. The lowest BCUT2D eigenvalue weighted by Crippen LogP contribution is -2.43. The largest absolute Gasteiger partial charge is 0.573 e. The molecule has 1 fully saturated rings. The lowest BCUT2D eigenvalue weighted by atomic mass is 9.71. The van der Waals surface area contributed by atoms with E-state index in [4.69, 9.17) is 4.74 Å². The summed E-state index contributed by atoms with van der Waals surface area (Å²) < 4.78 is 47.0. The van der Waals surface area contributed by atoms with E-state index in [-0.39, 0.29) is 23.5 Å². The fraction of sp³-hybridized carbons (Fsp3) is 0.591. The van der Waals surface area contributed by atoms with Crippen LogP contribution in [-0.4, -0.2) is 35.5 Å². The number of hydrogen-bond acceptors (Lipinski definition) is 6. The molecule has 182 valence electrons. The maximum atomic E-state index is 12.8. The van der Waals surface area contributed by atoms with Crippen molar-refractivity contribution in [2.45, 2.75) is 71.3 Å². The molecule has 11 heteroatoms. The number of thiazole rings is 1. The average Bonchev–Trinajstić information content (AvgIpc) is 3.06. The second kappa shape index (κ2) is 9.74. The summed E-state index contributed by atoms with van der Waals surface area (Å²) >= 11 is 1.07. The van der Waals surface area contributed by atoms with E-state index in [1.807, 2.05) is 0 Å². The van der Waals surface area contributed by atoms with Gasteiger partial charge in [-0.3, -0.25) is 4.79 Å². The van der Waals surface area contributed by atoms with Gasteiger partial charge in [-0.15, -0.1) is 13.2 Å². The van der Waals surface area contributed by atoms with Crippen LogP contribution in [0.4, 0.5) is 23.1 Å². The maximum absolute atomic E-state index is 12.8. The fourth-order valence-corrected chi connectivity index (χ4v) is 4.86. The van der Waals surface area contributed by atoms with Crippen LogP contribution < -0.4 is 15.4 Å². The Kier molecular flexibility index (Phi) is 7.40. The third kappa shape index (κ3) is 7.76. The first-order valence-electron chi connectivity index (χ1n) is 10.8. The van der Waals surface area contributed by atoms with Crippen molar-refractivity contribution in [3.05, 3.63) is 18.2 Å². The number of ether oxygens (including phenoxy) is 2. The van der Waals surface area contributed by atoms with Crippen LogP contribution in [0.2, 0.25) is 0 Å². The number of rotatable bonds is 6. The Hall–Kier alpha value is -2.56. The summed E-state index contributed by atoms with van der Waals surface area (Å²) in [6.07, 6.45) is -0.494. The number of amides is 2. The molecule has 0 unspecified atom stereocenters. The van der Waals surface area contributed by atoms with Crippen LogP contribution >= 0.6 is 11.3 Å². The molecule has 1 aromatic carbocycles. The Bertz CT molecular complexity index is 995. The lowest BCUT2D eigenvalue weighted by molar-refractivity contribution is -0.274. The second-order valence-electron chi connectivity index (χ2n) is 9.34. The topological polar surface area (TPSA) is 89.5 Å². The molecule has 1 aliphatic carbocycles. The van der Waals surface area contributed by atoms with E-state index in [0.717, 1.165) is 43.4 Å². The lowest BCUT2D eigenvalue weighted by Gasteiger charge is -2.37. The van der Waals surface area contributed by atoms with Crippen LogP contribution in [0.25, 0.3) is 10.2 Å². The van der Waals surface area contributed by atoms with Crippen LogP contribution in [0.3, 0.4) is 0 Å². The zero-order chi connectivity index (χ0) is 24.3. The Morgan fingerprint density at radius 3 is 2.48 bits per heavy atom. The zero-order valence-corrected chi connectivity index (χ0v) is 19.6. The molecular weight excluding hydrogens is 459 g/mol. The van der Waals surface area contributed by atoms with Gasteiger partial charge in [0.25, 0.3) is 0 Å². The third-order valence-electron chi connectivity index (χ3n) is 5.30. The molecule has 0 aliphatic heterocycles. The molecule has 7 nitrogen and oxygen atoms in total. The molecule has 1 heterocycles. The molecule has 2 aromatic rings. The van der Waals surface area contributed by atoms with Crippen molar-refractivity contribution in [2.24, 2.45) is 5.41 Å². The van der Waals surface area contributed by atoms with Gasteiger partial charge in [0.15, 0.2) is 5.13 Å². The van der Waals surface area contributed by atoms with E-state index in [0.29, 0.717) is 21.9 Å². The first-order valence-corrected chi connectivity index (χ1v) is 11.6.